The summed E-state index contributed by atoms with van der Waals surface area (Å²) in [6, 6.07) is 20.8. The Kier molecular flexibility index (Phi) is 8.98. The van der Waals surface area contributed by atoms with Crippen molar-refractivity contribution >= 4 is 143 Å². The van der Waals surface area contributed by atoms with Crippen molar-refractivity contribution in [2.45, 2.75) is 24.2 Å². The molecular formula is C18H13Br9. The molecule has 0 spiro atoms. The fourth-order valence-electron chi connectivity index (χ4n) is 2.76. The maximum atomic E-state index is 4.03. The number of rotatable bonds is 5. The summed E-state index contributed by atoms with van der Waals surface area (Å²) < 4.78 is -2.95. The van der Waals surface area contributed by atoms with Crippen molar-refractivity contribution in [1.82, 2.24) is 0 Å². The molecule has 0 heterocycles. The van der Waals surface area contributed by atoms with Gasteiger partial charge in [0.2, 0.25) is 0 Å². The zero-order chi connectivity index (χ0) is 20.7. The van der Waals surface area contributed by atoms with Crippen molar-refractivity contribution in [3.05, 3.63) is 71.8 Å². The molecule has 0 atom stereocenters. The fraction of sp³-hybridized carbons (Fsp3) is 0.333. The summed E-state index contributed by atoms with van der Waals surface area (Å²) in [7, 11) is 0. The van der Waals surface area contributed by atoms with Gasteiger partial charge in [-0.3, -0.25) is 0 Å². The Bertz CT molecular complexity index is 725. The number of hydrogen-bond donors (Lipinski definition) is 0. The van der Waals surface area contributed by atoms with Crippen LogP contribution in [-0.2, 0) is 5.41 Å². The quantitative estimate of drug-likeness (QED) is 0.262. The summed E-state index contributed by atoms with van der Waals surface area (Å²) in [6.07, 6.45) is 0. The highest BCUT2D eigenvalue weighted by atomic mass is 80.0. The van der Waals surface area contributed by atoms with E-state index in [0.29, 0.717) is 0 Å². The lowest BCUT2D eigenvalue weighted by Crippen LogP contribution is -2.61. The lowest BCUT2D eigenvalue weighted by atomic mass is 9.72. The van der Waals surface area contributed by atoms with Crippen LogP contribution in [-0.4, -0.2) is 11.8 Å². The van der Waals surface area contributed by atoms with E-state index in [9.17, 15) is 0 Å². The number of hydrogen-bond acceptors (Lipinski definition) is 0. The molecule has 0 N–H and O–H groups in total. The zero-order valence-electron chi connectivity index (χ0n) is 13.7. The van der Waals surface area contributed by atoms with Crippen LogP contribution in [0.1, 0.15) is 18.1 Å². The molecule has 0 fully saturated rings. The van der Waals surface area contributed by atoms with E-state index in [1.807, 2.05) is 12.1 Å². The molecule has 148 valence electrons. The van der Waals surface area contributed by atoms with Gasteiger partial charge in [-0.25, -0.2) is 0 Å². The predicted molar refractivity (Wildman–Crippen MR) is 151 cm³/mol. The Morgan fingerprint density at radius 2 is 0.815 bits per heavy atom. The summed E-state index contributed by atoms with van der Waals surface area (Å²) in [4.78, 5) is 0. The van der Waals surface area contributed by atoms with Gasteiger partial charge in [-0.15, -0.1) is 0 Å². The summed E-state index contributed by atoms with van der Waals surface area (Å²) in [6.45, 7) is 2.20. The van der Waals surface area contributed by atoms with Crippen LogP contribution in [0.15, 0.2) is 60.7 Å². The van der Waals surface area contributed by atoms with Crippen LogP contribution in [0.2, 0.25) is 0 Å². The average molecular weight is 948 g/mol. The summed E-state index contributed by atoms with van der Waals surface area (Å²) in [5, 5.41) is 0. The van der Waals surface area contributed by atoms with Crippen LogP contribution >= 0.6 is 143 Å². The van der Waals surface area contributed by atoms with Gasteiger partial charge in [-0.2, -0.15) is 0 Å². The van der Waals surface area contributed by atoms with Crippen LogP contribution in [0.3, 0.4) is 0 Å². The van der Waals surface area contributed by atoms with Crippen LogP contribution in [0.25, 0.3) is 0 Å². The first kappa shape index (κ1) is 26.0. The highest BCUT2D eigenvalue weighted by molar-refractivity contribution is 9.42. The molecule has 0 nitrogen and oxygen atoms in total. The van der Waals surface area contributed by atoms with E-state index < -0.39 is 17.3 Å². The molecule has 0 unspecified atom stereocenters. The third-order valence-corrected chi connectivity index (χ3v) is 21.2. The maximum absolute atomic E-state index is 4.03. The largest absolute Gasteiger partial charge is 0.162 e. The van der Waals surface area contributed by atoms with Gasteiger partial charge in [0.05, 0.1) is 0 Å². The molecule has 2 rings (SSSR count). The molecule has 0 aliphatic rings. The smallest absolute Gasteiger partial charge is 0.0688 e. The first-order valence-electron chi connectivity index (χ1n) is 7.52. The second kappa shape index (κ2) is 9.32. The van der Waals surface area contributed by atoms with E-state index in [1.165, 1.54) is 0 Å². The molecule has 0 bridgehead atoms. The molecule has 0 aliphatic carbocycles. The Balaban J connectivity index is 2.80. The van der Waals surface area contributed by atoms with Crippen molar-refractivity contribution in [3.8, 4) is 0 Å². The lowest BCUT2D eigenvalue weighted by molar-refractivity contribution is 0.488. The maximum Gasteiger partial charge on any atom is 0.162 e. The van der Waals surface area contributed by atoms with Crippen LogP contribution in [0.5, 0.6) is 0 Å². The van der Waals surface area contributed by atoms with Gasteiger partial charge in [0.25, 0.3) is 0 Å². The van der Waals surface area contributed by atoms with E-state index in [1.54, 1.807) is 0 Å². The molecule has 0 radical (unpaired) electrons. The Morgan fingerprint density at radius 1 is 0.481 bits per heavy atom. The van der Waals surface area contributed by atoms with Gasteiger partial charge >= 0.3 is 0 Å². The molecule has 0 amide bonds. The monoisotopic (exact) mass is 939 g/mol. The zero-order valence-corrected chi connectivity index (χ0v) is 27.9. The highest BCUT2D eigenvalue weighted by Crippen LogP contribution is 2.72. The molecular weight excluding hydrogens is 935 g/mol. The van der Waals surface area contributed by atoms with Gasteiger partial charge in [-0.05, 0) is 18.1 Å². The molecule has 0 saturated heterocycles. The number of benzene rings is 2. The first-order chi connectivity index (χ1) is 12.2. The Labute approximate surface area is 235 Å². The number of halogens is 9. The SMILES string of the molecule is CC(c1ccccc1)(c1ccccc1)C(Br)(Br)C(Br)(Br)C(Br)(Br)C(Br)(Br)Br. The highest BCUT2D eigenvalue weighted by Gasteiger charge is 2.69. The molecule has 27 heavy (non-hydrogen) atoms. The lowest BCUT2D eigenvalue weighted by Gasteiger charge is -2.54. The van der Waals surface area contributed by atoms with Gasteiger partial charge < -0.3 is 0 Å². The van der Waals surface area contributed by atoms with Gasteiger partial charge in [0.1, 0.15) is 9.70 Å². The minimum absolute atomic E-state index is 0.493. The average Bonchev–Trinajstić information content (AvgIpc) is 2.61. The second-order valence-corrected chi connectivity index (χ2v) is 23.2. The van der Waals surface area contributed by atoms with Crippen LogP contribution in [0.4, 0.5) is 0 Å². The molecule has 9 heteroatoms. The Hall–Kier alpha value is 2.76. The Morgan fingerprint density at radius 3 is 1.11 bits per heavy atom. The van der Waals surface area contributed by atoms with Crippen molar-refractivity contribution < 1.29 is 0 Å². The topological polar surface area (TPSA) is 0 Å². The minimum atomic E-state index is -0.781. The van der Waals surface area contributed by atoms with E-state index >= 15 is 0 Å². The van der Waals surface area contributed by atoms with Crippen molar-refractivity contribution in [1.29, 1.82) is 0 Å². The molecule has 0 aliphatic heterocycles. The summed E-state index contributed by atoms with van der Waals surface area (Å²) >= 11 is 34.5. The third-order valence-electron chi connectivity index (χ3n) is 4.47. The predicted octanol–water partition coefficient (Wildman–Crippen LogP) is 10.3. The van der Waals surface area contributed by atoms with E-state index in [4.69, 9.17) is 0 Å². The van der Waals surface area contributed by atoms with Crippen LogP contribution in [0, 0.1) is 0 Å². The van der Waals surface area contributed by atoms with Gasteiger partial charge in [0.15, 0.2) is 2.14 Å². The standard InChI is InChI=1S/C18H13Br9/c1-14(12-8-4-2-5-9-12,13-10-6-3-7-11-13)15(19,20)16(21,22)17(23,24)18(25,26)27/h2-11H,1H3. The summed E-state index contributed by atoms with van der Waals surface area (Å²) in [5.41, 5.74) is 1.80. The van der Waals surface area contributed by atoms with E-state index in [-0.39, 0.29) is 0 Å². The molecule has 2 aromatic rings. The fourth-order valence-corrected chi connectivity index (χ4v) is 9.81. The van der Waals surface area contributed by atoms with Gasteiger partial charge in [-0.1, -0.05) is 204 Å². The minimum Gasteiger partial charge on any atom is -0.0688 e. The molecule has 2 aromatic carbocycles. The first-order valence-corrected chi connectivity index (χ1v) is 14.7. The van der Waals surface area contributed by atoms with E-state index in [0.717, 1.165) is 11.1 Å². The van der Waals surface area contributed by atoms with Crippen molar-refractivity contribution in [3.63, 3.8) is 0 Å². The second-order valence-electron chi connectivity index (χ2n) is 6.08. The van der Waals surface area contributed by atoms with Gasteiger partial charge in [0, 0.05) is 5.41 Å². The number of alkyl halides is 9. The van der Waals surface area contributed by atoms with Crippen LogP contribution < -0.4 is 0 Å². The third kappa shape index (κ3) is 4.62. The van der Waals surface area contributed by atoms with E-state index in [2.05, 4.69) is 199 Å². The molecule has 0 saturated carbocycles. The summed E-state index contributed by atoms with van der Waals surface area (Å²) in [5.74, 6) is 0. The normalized spacial score (nSPS) is 14.3. The van der Waals surface area contributed by atoms with Crippen molar-refractivity contribution in [2.75, 3.05) is 0 Å². The van der Waals surface area contributed by atoms with Crippen molar-refractivity contribution in [2.24, 2.45) is 0 Å². The molecule has 0 aromatic heterocycles.